The van der Waals surface area contributed by atoms with E-state index >= 15 is 0 Å². The molecule has 1 atom stereocenters. The topological polar surface area (TPSA) is 72.9 Å². The van der Waals surface area contributed by atoms with Crippen LogP contribution in [0.15, 0.2) is 71.6 Å². The van der Waals surface area contributed by atoms with Crippen molar-refractivity contribution >= 4 is 21.7 Å². The summed E-state index contributed by atoms with van der Waals surface area (Å²) in [5.41, 5.74) is 13.7. The molecule has 2 N–H and O–H groups in total. The van der Waals surface area contributed by atoms with E-state index in [4.69, 9.17) is 15.7 Å². The van der Waals surface area contributed by atoms with Gasteiger partial charge >= 0.3 is 0 Å². The molecule has 172 valence electrons. The monoisotopic (exact) mass is 514 g/mol. The number of fused-ring (bicyclic) bond motifs is 1. The molecule has 1 aliphatic carbocycles. The zero-order valence-corrected chi connectivity index (χ0v) is 20.7. The molecule has 0 radical (unpaired) electrons. The first-order valence-corrected chi connectivity index (χ1v) is 12.5. The number of halogens is 1. The zero-order valence-electron chi connectivity index (χ0n) is 19.2. The predicted octanol–water partition coefficient (Wildman–Crippen LogP) is 5.15. The van der Waals surface area contributed by atoms with Gasteiger partial charge in [0.25, 0.3) is 0 Å². The van der Waals surface area contributed by atoms with Gasteiger partial charge in [0.2, 0.25) is 0 Å². The van der Waals surface area contributed by atoms with Crippen LogP contribution in [0.2, 0.25) is 0 Å². The van der Waals surface area contributed by atoms with Gasteiger partial charge in [0.05, 0.1) is 23.8 Å². The molecule has 6 rings (SSSR count). The number of aryl methyl sites for hydroxylation is 1. The summed E-state index contributed by atoms with van der Waals surface area (Å²) in [4.78, 5) is 11.9. The highest BCUT2D eigenvalue weighted by molar-refractivity contribution is 9.10. The average molecular weight is 515 g/mol. The summed E-state index contributed by atoms with van der Waals surface area (Å²) in [6.07, 6.45) is 8.78. The van der Waals surface area contributed by atoms with Crippen molar-refractivity contribution in [3.05, 3.63) is 82.7 Å². The molecule has 1 spiro atoms. The number of nitrogens with two attached hydrogens (primary N) is 1. The van der Waals surface area contributed by atoms with E-state index in [1.165, 1.54) is 15.6 Å². The molecule has 0 saturated carbocycles. The van der Waals surface area contributed by atoms with Crippen LogP contribution in [0.1, 0.15) is 30.0 Å². The third-order valence-corrected chi connectivity index (χ3v) is 8.42. The predicted molar refractivity (Wildman–Crippen MR) is 138 cm³/mol. The molecule has 6 nitrogen and oxygen atoms in total. The summed E-state index contributed by atoms with van der Waals surface area (Å²) in [5, 5.41) is 4.28. The van der Waals surface area contributed by atoms with Crippen molar-refractivity contribution in [3.63, 3.8) is 0 Å². The molecule has 2 aliphatic rings. The normalized spacial score (nSPS) is 18.9. The van der Waals surface area contributed by atoms with Crippen molar-refractivity contribution in [2.45, 2.75) is 25.3 Å². The Balaban J connectivity index is 1.17. The van der Waals surface area contributed by atoms with Gasteiger partial charge in [0, 0.05) is 48.0 Å². The Hall–Kier alpha value is -3.03. The molecule has 1 fully saturated rings. The summed E-state index contributed by atoms with van der Waals surface area (Å²) >= 11 is 3.73. The van der Waals surface area contributed by atoms with Crippen LogP contribution < -0.4 is 10.6 Å². The van der Waals surface area contributed by atoms with E-state index in [1.54, 1.807) is 0 Å². The highest BCUT2D eigenvalue weighted by Gasteiger charge is 2.46. The average Bonchev–Trinajstić information content (AvgIpc) is 3.42. The molecular formula is C27H27BrN6. The Labute approximate surface area is 208 Å². The Morgan fingerprint density at radius 3 is 2.50 bits per heavy atom. The highest BCUT2D eigenvalue weighted by atomic mass is 79.9. The molecule has 0 amide bonds. The first-order valence-electron chi connectivity index (χ1n) is 11.7. The van der Waals surface area contributed by atoms with E-state index in [-0.39, 0.29) is 11.5 Å². The van der Waals surface area contributed by atoms with Crippen molar-refractivity contribution in [2.24, 2.45) is 18.2 Å². The molecule has 1 aliphatic heterocycles. The number of aromatic nitrogens is 4. The lowest BCUT2D eigenvalue weighted by Crippen LogP contribution is -2.44. The maximum atomic E-state index is 6.78. The van der Waals surface area contributed by atoms with Crippen LogP contribution in [0, 0.1) is 5.41 Å². The fourth-order valence-electron chi connectivity index (χ4n) is 5.64. The van der Waals surface area contributed by atoms with Crippen LogP contribution in [0.5, 0.6) is 0 Å². The first kappa shape index (κ1) is 21.5. The van der Waals surface area contributed by atoms with Crippen LogP contribution in [-0.4, -0.2) is 32.8 Å². The van der Waals surface area contributed by atoms with Gasteiger partial charge in [-0.2, -0.15) is 5.10 Å². The van der Waals surface area contributed by atoms with E-state index in [0.717, 1.165) is 60.7 Å². The van der Waals surface area contributed by atoms with Crippen molar-refractivity contribution in [3.8, 4) is 22.5 Å². The molecule has 1 saturated heterocycles. The zero-order chi connectivity index (χ0) is 23.3. The fourth-order valence-corrected chi connectivity index (χ4v) is 6.16. The Morgan fingerprint density at radius 1 is 1.00 bits per heavy atom. The minimum Gasteiger partial charge on any atom is -0.355 e. The van der Waals surface area contributed by atoms with Crippen molar-refractivity contribution in [1.82, 2.24) is 19.7 Å². The molecule has 2 aromatic heterocycles. The number of rotatable bonds is 3. The molecule has 3 heterocycles. The first-order chi connectivity index (χ1) is 16.5. The summed E-state index contributed by atoms with van der Waals surface area (Å²) in [7, 11) is 1.95. The Morgan fingerprint density at radius 2 is 1.79 bits per heavy atom. The second-order valence-electron chi connectivity index (χ2n) is 9.49. The van der Waals surface area contributed by atoms with Crippen LogP contribution >= 0.6 is 15.9 Å². The molecule has 34 heavy (non-hydrogen) atoms. The summed E-state index contributed by atoms with van der Waals surface area (Å²) < 4.78 is 3.07. The lowest BCUT2D eigenvalue weighted by atomic mass is 9.73. The van der Waals surface area contributed by atoms with Crippen molar-refractivity contribution in [2.75, 3.05) is 18.0 Å². The number of hydrogen-bond donors (Lipinski definition) is 1. The lowest BCUT2D eigenvalue weighted by molar-refractivity contribution is 0.187. The maximum Gasteiger partial charge on any atom is 0.147 e. The fraction of sp³-hybridized carbons (Fsp3) is 0.296. The van der Waals surface area contributed by atoms with E-state index in [9.17, 15) is 0 Å². The lowest BCUT2D eigenvalue weighted by Gasteiger charge is -2.42. The number of nitrogens with zero attached hydrogens (tertiary/aromatic N) is 5. The molecule has 2 aromatic carbocycles. The van der Waals surface area contributed by atoms with Gasteiger partial charge in [0.15, 0.2) is 0 Å². The summed E-state index contributed by atoms with van der Waals surface area (Å²) in [6.45, 7) is 1.90. The standard InChI is InChI=1S/C27H27BrN6/c1-33-24(8-11-32-33)19-5-2-4-18(14-19)23-16-31-25(17-30-23)34-12-9-27(10-13-34)15-21-20(26(27)29)6-3-7-22(21)28/h2-8,11,14,16-17,26H,9-10,12-13,15,29H2,1H3/t26-/m1/s1. The van der Waals surface area contributed by atoms with Crippen LogP contribution in [0.3, 0.4) is 0 Å². The smallest absolute Gasteiger partial charge is 0.147 e. The maximum absolute atomic E-state index is 6.78. The van der Waals surface area contributed by atoms with Gasteiger partial charge in [-0.15, -0.1) is 0 Å². The van der Waals surface area contributed by atoms with E-state index in [1.807, 2.05) is 36.4 Å². The minimum absolute atomic E-state index is 0.0994. The van der Waals surface area contributed by atoms with Gasteiger partial charge in [-0.1, -0.05) is 46.3 Å². The highest BCUT2D eigenvalue weighted by Crippen LogP contribution is 2.52. The summed E-state index contributed by atoms with van der Waals surface area (Å²) in [6, 6.07) is 16.9. The van der Waals surface area contributed by atoms with Gasteiger partial charge in [0.1, 0.15) is 5.82 Å². The van der Waals surface area contributed by atoms with E-state index in [2.05, 4.69) is 68.4 Å². The van der Waals surface area contributed by atoms with E-state index in [0.29, 0.717) is 0 Å². The number of hydrogen-bond acceptors (Lipinski definition) is 5. The molecule has 0 unspecified atom stereocenters. The van der Waals surface area contributed by atoms with Crippen molar-refractivity contribution in [1.29, 1.82) is 0 Å². The van der Waals surface area contributed by atoms with Gasteiger partial charge in [-0.25, -0.2) is 4.98 Å². The minimum atomic E-state index is 0.0994. The van der Waals surface area contributed by atoms with E-state index < -0.39 is 0 Å². The second-order valence-corrected chi connectivity index (χ2v) is 10.3. The molecule has 0 bridgehead atoms. The molecule has 7 heteroatoms. The Bertz CT molecular complexity index is 1340. The number of piperidine rings is 1. The van der Waals surface area contributed by atoms with Gasteiger partial charge in [-0.3, -0.25) is 9.67 Å². The van der Waals surface area contributed by atoms with Gasteiger partial charge in [-0.05, 0) is 54.0 Å². The van der Waals surface area contributed by atoms with Crippen LogP contribution in [0.4, 0.5) is 5.82 Å². The van der Waals surface area contributed by atoms with Crippen LogP contribution in [0.25, 0.3) is 22.5 Å². The quantitative estimate of drug-likeness (QED) is 0.409. The Kier molecular flexibility index (Phi) is 5.26. The van der Waals surface area contributed by atoms with Crippen molar-refractivity contribution < 1.29 is 0 Å². The third kappa shape index (κ3) is 3.54. The largest absolute Gasteiger partial charge is 0.355 e. The van der Waals surface area contributed by atoms with Crippen LogP contribution in [-0.2, 0) is 13.5 Å². The molecule has 4 aromatic rings. The second kappa shape index (κ2) is 8.32. The number of anilines is 1. The van der Waals surface area contributed by atoms with Gasteiger partial charge < -0.3 is 10.6 Å². The molecular weight excluding hydrogens is 488 g/mol. The number of benzene rings is 2. The summed E-state index contributed by atoms with van der Waals surface area (Å²) in [5.74, 6) is 0.937. The third-order valence-electron chi connectivity index (χ3n) is 7.68. The SMILES string of the molecule is Cn1nccc1-c1cccc(-c2cnc(N3CCC4(CC3)Cc3c(Br)cccc3[C@H]4N)cn2)c1.